The Morgan fingerprint density at radius 1 is 0.520 bits per heavy atom. The number of fused-ring (bicyclic) bond motifs is 1. The average molecular weight is 1000 g/mol. The third-order valence-corrected chi connectivity index (χ3v) is 7.75. The van der Waals surface area contributed by atoms with Crippen LogP contribution in [0.2, 0.25) is 0 Å². The van der Waals surface area contributed by atoms with Gasteiger partial charge in [0.15, 0.2) is 0 Å². The minimum Gasteiger partial charge on any atom is -0.340 e. The molecule has 0 spiro atoms. The maximum absolute atomic E-state index is 4.50. The summed E-state index contributed by atoms with van der Waals surface area (Å²) in [5.74, 6) is 0.931. The molecule has 3 aromatic heterocycles. The number of hydrogen-bond acceptors (Lipinski definition) is 3. The first-order chi connectivity index (χ1) is 23.6. The van der Waals surface area contributed by atoms with E-state index in [9.17, 15) is 0 Å². The first kappa shape index (κ1) is 38.0. The third-order valence-electron chi connectivity index (χ3n) is 7.75. The number of pyridine rings is 2. The van der Waals surface area contributed by atoms with E-state index in [0.717, 1.165) is 33.9 Å². The van der Waals surface area contributed by atoms with Gasteiger partial charge in [0.05, 0.1) is 5.82 Å². The van der Waals surface area contributed by atoms with Crippen molar-refractivity contribution >= 4 is 10.8 Å². The zero-order chi connectivity index (χ0) is 33.1. The quantitative estimate of drug-likeness (QED) is 0.165. The van der Waals surface area contributed by atoms with Crippen LogP contribution in [0.1, 0.15) is 16.7 Å². The van der Waals surface area contributed by atoms with Gasteiger partial charge in [0.2, 0.25) is 0 Å². The summed E-state index contributed by atoms with van der Waals surface area (Å²) >= 11 is 0. The molecule has 4 nitrogen and oxygen atoms in total. The van der Waals surface area contributed by atoms with E-state index in [1.165, 1.54) is 33.2 Å². The summed E-state index contributed by atoms with van der Waals surface area (Å²) in [6, 6.07) is 53.9. The van der Waals surface area contributed by atoms with Gasteiger partial charge in [-0.2, -0.15) is 0 Å². The number of rotatable bonds is 4. The number of benzene rings is 5. The van der Waals surface area contributed by atoms with Crippen LogP contribution >= 0.6 is 0 Å². The molecular formula is C44H35Ir2N4-3. The smallest absolute Gasteiger partial charge is 0.0602 e. The van der Waals surface area contributed by atoms with Crippen molar-refractivity contribution in [1.82, 2.24) is 19.5 Å². The van der Waals surface area contributed by atoms with Crippen LogP contribution in [0.3, 0.4) is 0 Å². The second-order valence-corrected chi connectivity index (χ2v) is 11.3. The summed E-state index contributed by atoms with van der Waals surface area (Å²) in [6.07, 6.45) is 7.49. The minimum absolute atomic E-state index is 0. The van der Waals surface area contributed by atoms with E-state index in [-0.39, 0.29) is 40.2 Å². The summed E-state index contributed by atoms with van der Waals surface area (Å²) in [5, 5.41) is 2.39. The molecule has 0 amide bonds. The number of nitrogens with zero attached hydrogens (tertiary/aromatic N) is 4. The van der Waals surface area contributed by atoms with Gasteiger partial charge >= 0.3 is 0 Å². The standard InChI is InChI=1S/C18H17N2.C15H10N.C11H8N.2Ir/c1-13-11-14(2)17(15(3)12-13)20-10-9-19-18(20)16-7-5-4-6-8-16;1-2-7-13(8-3-1)15-14-9-5-4-6-12(14)10-11-16-15;1-2-6-10(7-3-1)11-8-4-5-9-12-11;;/h4-7,9-12H,1-3H3;1-7,9-11H;1-6,8-9H;;/q3*-1;;. The predicted molar refractivity (Wildman–Crippen MR) is 197 cm³/mol. The average Bonchev–Trinajstić information content (AvgIpc) is 3.62. The Kier molecular flexibility index (Phi) is 14.3. The van der Waals surface area contributed by atoms with E-state index >= 15 is 0 Å². The molecule has 0 saturated heterocycles. The molecule has 3 heterocycles. The molecular weight excluding hydrogens is 969 g/mol. The molecule has 252 valence electrons. The molecule has 0 N–H and O–H groups in total. The van der Waals surface area contributed by atoms with Gasteiger partial charge in [-0.1, -0.05) is 54.1 Å². The molecule has 5 aromatic carbocycles. The maximum atomic E-state index is 4.50. The molecule has 0 aliphatic heterocycles. The normalized spacial score (nSPS) is 9.98. The minimum atomic E-state index is 0. The van der Waals surface area contributed by atoms with Gasteiger partial charge in [-0.05, 0) is 66.2 Å². The van der Waals surface area contributed by atoms with E-state index in [4.69, 9.17) is 0 Å². The van der Waals surface area contributed by atoms with Gasteiger partial charge < -0.3 is 14.5 Å². The van der Waals surface area contributed by atoms with Crippen LogP contribution in [0.15, 0.2) is 158 Å². The molecule has 8 aromatic rings. The predicted octanol–water partition coefficient (Wildman–Crippen LogP) is 10.5. The van der Waals surface area contributed by atoms with Crippen LogP contribution in [-0.4, -0.2) is 19.5 Å². The van der Waals surface area contributed by atoms with Crippen LogP contribution in [0, 0.1) is 39.0 Å². The molecule has 0 bridgehead atoms. The topological polar surface area (TPSA) is 43.6 Å². The number of hydrogen-bond donors (Lipinski definition) is 0. The van der Waals surface area contributed by atoms with E-state index < -0.39 is 0 Å². The van der Waals surface area contributed by atoms with Crippen LogP contribution < -0.4 is 0 Å². The Balaban J connectivity index is 0.000000170. The largest absolute Gasteiger partial charge is 0.340 e. The first-order valence-corrected chi connectivity index (χ1v) is 15.9. The fourth-order valence-electron chi connectivity index (χ4n) is 5.72. The van der Waals surface area contributed by atoms with Gasteiger partial charge in [-0.25, -0.2) is 0 Å². The van der Waals surface area contributed by atoms with Crippen molar-refractivity contribution < 1.29 is 40.2 Å². The Morgan fingerprint density at radius 2 is 1.12 bits per heavy atom. The van der Waals surface area contributed by atoms with E-state index in [1.807, 2.05) is 128 Å². The third kappa shape index (κ3) is 9.44. The van der Waals surface area contributed by atoms with E-state index in [2.05, 4.69) is 82.8 Å². The van der Waals surface area contributed by atoms with Crippen molar-refractivity contribution in [2.75, 3.05) is 0 Å². The SMILES string of the molecule is Cc1cc(C)c(-n2ccnc2-c2[c-]cccc2)c(C)c1.[Ir].[Ir].[c-]1ccccc1-c1ccccn1.[c-]1ccccc1-c1nccc2ccccc12. The molecule has 0 fully saturated rings. The summed E-state index contributed by atoms with van der Waals surface area (Å²) in [5.41, 5.74) is 10.1. The molecule has 2 radical (unpaired) electrons. The Hall–Kier alpha value is -4.83. The molecule has 0 unspecified atom stereocenters. The zero-order valence-electron chi connectivity index (χ0n) is 28.0. The molecule has 0 aliphatic carbocycles. The van der Waals surface area contributed by atoms with Crippen LogP contribution in [0.5, 0.6) is 0 Å². The van der Waals surface area contributed by atoms with Gasteiger partial charge in [0.1, 0.15) is 0 Å². The van der Waals surface area contributed by atoms with Gasteiger partial charge in [-0.3, -0.25) is 4.98 Å². The van der Waals surface area contributed by atoms with Crippen molar-refractivity contribution in [2.24, 2.45) is 0 Å². The summed E-state index contributed by atoms with van der Waals surface area (Å²) in [7, 11) is 0. The van der Waals surface area contributed by atoms with Crippen molar-refractivity contribution in [2.45, 2.75) is 20.8 Å². The van der Waals surface area contributed by atoms with Crippen molar-refractivity contribution in [1.29, 1.82) is 0 Å². The first-order valence-electron chi connectivity index (χ1n) is 15.9. The summed E-state index contributed by atoms with van der Waals surface area (Å²) in [4.78, 5) is 13.2. The summed E-state index contributed by atoms with van der Waals surface area (Å²) < 4.78 is 2.15. The van der Waals surface area contributed by atoms with Gasteiger partial charge in [-0.15, -0.1) is 108 Å². The molecule has 0 saturated carbocycles. The monoisotopic (exact) mass is 1010 g/mol. The van der Waals surface area contributed by atoms with Crippen molar-refractivity contribution in [3.8, 4) is 39.6 Å². The van der Waals surface area contributed by atoms with Crippen LogP contribution in [0.25, 0.3) is 50.4 Å². The Morgan fingerprint density at radius 3 is 1.74 bits per heavy atom. The molecule has 0 aliphatic rings. The fraction of sp³-hybridized carbons (Fsp3) is 0.0682. The molecule has 50 heavy (non-hydrogen) atoms. The van der Waals surface area contributed by atoms with E-state index in [0.29, 0.717) is 0 Å². The van der Waals surface area contributed by atoms with Crippen LogP contribution in [-0.2, 0) is 40.2 Å². The number of aryl methyl sites for hydroxylation is 3. The second-order valence-electron chi connectivity index (χ2n) is 11.3. The fourth-order valence-corrected chi connectivity index (χ4v) is 5.72. The molecule has 8 rings (SSSR count). The Labute approximate surface area is 322 Å². The van der Waals surface area contributed by atoms with Gasteiger partial charge in [0, 0.05) is 70.7 Å². The van der Waals surface area contributed by atoms with Crippen molar-refractivity contribution in [3.05, 3.63) is 193 Å². The summed E-state index contributed by atoms with van der Waals surface area (Å²) in [6.45, 7) is 6.42. The second kappa shape index (κ2) is 18.8. The van der Waals surface area contributed by atoms with Crippen LogP contribution in [0.4, 0.5) is 0 Å². The van der Waals surface area contributed by atoms with E-state index in [1.54, 1.807) is 6.20 Å². The number of imidazole rings is 1. The zero-order valence-corrected chi connectivity index (χ0v) is 32.8. The molecule has 0 atom stereocenters. The number of aromatic nitrogens is 4. The maximum Gasteiger partial charge on any atom is 0.0602 e. The Bertz CT molecular complexity index is 2140. The molecule has 6 heteroatoms. The van der Waals surface area contributed by atoms with Crippen molar-refractivity contribution in [3.63, 3.8) is 0 Å². The van der Waals surface area contributed by atoms with Gasteiger partial charge in [0.25, 0.3) is 0 Å².